The van der Waals surface area contributed by atoms with E-state index in [9.17, 15) is 9.59 Å². The number of hydrogen-bond acceptors (Lipinski definition) is 3. The van der Waals surface area contributed by atoms with Crippen molar-refractivity contribution in [1.82, 2.24) is 4.90 Å². The number of anilines is 2. The maximum absolute atomic E-state index is 12.3. The molecule has 5 heteroatoms. The van der Waals surface area contributed by atoms with Crippen molar-refractivity contribution < 1.29 is 9.59 Å². The van der Waals surface area contributed by atoms with Crippen LogP contribution in [0, 0.1) is 13.8 Å². The van der Waals surface area contributed by atoms with Gasteiger partial charge >= 0.3 is 0 Å². The van der Waals surface area contributed by atoms with Gasteiger partial charge in [-0.3, -0.25) is 14.5 Å². The molecule has 2 rings (SSSR count). The number of benzene rings is 2. The lowest BCUT2D eigenvalue weighted by atomic mass is 10.2. The second-order valence-electron chi connectivity index (χ2n) is 6.49. The van der Waals surface area contributed by atoms with Gasteiger partial charge in [0.1, 0.15) is 0 Å². The van der Waals surface area contributed by atoms with Crippen LogP contribution in [0.25, 0.3) is 0 Å². The number of hydrogen-bond donors (Lipinski definition) is 2. The number of amides is 2. The topological polar surface area (TPSA) is 61.4 Å². The van der Waals surface area contributed by atoms with Crippen molar-refractivity contribution in [2.75, 3.05) is 30.3 Å². The summed E-state index contributed by atoms with van der Waals surface area (Å²) < 4.78 is 0. The molecule has 0 aliphatic carbocycles. The molecule has 2 amide bonds. The molecule has 0 aliphatic rings. The smallest absolute Gasteiger partial charge is 0.238 e. The minimum Gasteiger partial charge on any atom is -0.325 e. The molecular weight excluding hydrogens is 326 g/mol. The van der Waals surface area contributed by atoms with E-state index >= 15 is 0 Å². The van der Waals surface area contributed by atoms with E-state index in [1.54, 1.807) is 0 Å². The highest BCUT2D eigenvalue weighted by Crippen LogP contribution is 2.13. The van der Waals surface area contributed by atoms with Crippen LogP contribution in [0.1, 0.15) is 24.5 Å². The zero-order valence-electron chi connectivity index (χ0n) is 15.7. The van der Waals surface area contributed by atoms with Crippen molar-refractivity contribution in [1.29, 1.82) is 0 Å². The molecule has 0 aromatic heterocycles. The van der Waals surface area contributed by atoms with Crippen molar-refractivity contribution in [2.45, 2.75) is 27.2 Å². The molecule has 2 aromatic carbocycles. The van der Waals surface area contributed by atoms with Crippen LogP contribution >= 0.6 is 0 Å². The van der Waals surface area contributed by atoms with Crippen molar-refractivity contribution in [3.8, 4) is 0 Å². The quantitative estimate of drug-likeness (QED) is 0.762. The van der Waals surface area contributed by atoms with Gasteiger partial charge in [-0.1, -0.05) is 37.3 Å². The van der Waals surface area contributed by atoms with E-state index in [1.807, 2.05) is 74.2 Å². The van der Waals surface area contributed by atoms with E-state index in [0.717, 1.165) is 28.9 Å². The molecule has 0 spiro atoms. The van der Waals surface area contributed by atoms with Gasteiger partial charge in [0, 0.05) is 11.4 Å². The number of nitrogens with one attached hydrogen (secondary N) is 2. The third-order valence-electron chi connectivity index (χ3n) is 4.00. The number of aryl methyl sites for hydroxylation is 2. The van der Waals surface area contributed by atoms with Gasteiger partial charge in [0.15, 0.2) is 0 Å². The van der Waals surface area contributed by atoms with E-state index in [2.05, 4.69) is 10.6 Å². The Hall–Kier alpha value is -2.66. The summed E-state index contributed by atoms with van der Waals surface area (Å²) in [7, 11) is 0. The Kier molecular flexibility index (Phi) is 7.36. The first-order chi connectivity index (χ1) is 12.5. The van der Waals surface area contributed by atoms with Crippen molar-refractivity contribution in [3.63, 3.8) is 0 Å². The number of para-hydroxylation sites is 1. The largest absolute Gasteiger partial charge is 0.325 e. The van der Waals surface area contributed by atoms with Crippen LogP contribution in [0.2, 0.25) is 0 Å². The maximum Gasteiger partial charge on any atom is 0.238 e. The highest BCUT2D eigenvalue weighted by Gasteiger charge is 2.15. The fourth-order valence-electron chi connectivity index (χ4n) is 2.76. The normalized spacial score (nSPS) is 10.6. The third kappa shape index (κ3) is 6.33. The average Bonchev–Trinajstić information content (AvgIpc) is 2.57. The predicted octanol–water partition coefficient (Wildman–Crippen LogP) is 3.59. The van der Waals surface area contributed by atoms with Crippen LogP contribution in [0.15, 0.2) is 48.5 Å². The molecule has 0 aliphatic heterocycles. The van der Waals surface area contributed by atoms with E-state index in [4.69, 9.17) is 0 Å². The van der Waals surface area contributed by atoms with Gasteiger partial charge in [-0.15, -0.1) is 0 Å². The number of carbonyl (C=O) groups is 2. The SMILES string of the molecule is CCCN(CC(=O)Nc1cccc(C)c1)CC(=O)Nc1ccccc1C. The molecule has 0 atom stereocenters. The lowest BCUT2D eigenvalue weighted by molar-refractivity contribution is -0.120. The van der Waals surface area contributed by atoms with Crippen LogP contribution in [0.3, 0.4) is 0 Å². The highest BCUT2D eigenvalue weighted by atomic mass is 16.2. The fourth-order valence-corrected chi connectivity index (χ4v) is 2.76. The van der Waals surface area contributed by atoms with Crippen molar-refractivity contribution in [3.05, 3.63) is 59.7 Å². The van der Waals surface area contributed by atoms with E-state index in [1.165, 1.54) is 0 Å². The van der Waals surface area contributed by atoms with Gasteiger partial charge in [-0.2, -0.15) is 0 Å². The monoisotopic (exact) mass is 353 g/mol. The summed E-state index contributed by atoms with van der Waals surface area (Å²) in [5.74, 6) is -0.233. The predicted molar refractivity (Wildman–Crippen MR) is 106 cm³/mol. The van der Waals surface area contributed by atoms with Gasteiger partial charge in [0.2, 0.25) is 11.8 Å². The van der Waals surface area contributed by atoms with Gasteiger partial charge < -0.3 is 10.6 Å². The molecule has 0 bridgehead atoms. The zero-order valence-corrected chi connectivity index (χ0v) is 15.7. The Morgan fingerprint density at radius 2 is 1.62 bits per heavy atom. The molecular formula is C21H27N3O2. The molecule has 0 unspecified atom stereocenters. The zero-order chi connectivity index (χ0) is 18.9. The van der Waals surface area contributed by atoms with Crippen LogP contribution in [-0.4, -0.2) is 36.3 Å². The second kappa shape index (κ2) is 9.73. The molecule has 26 heavy (non-hydrogen) atoms. The van der Waals surface area contributed by atoms with Crippen LogP contribution < -0.4 is 10.6 Å². The van der Waals surface area contributed by atoms with Crippen LogP contribution in [-0.2, 0) is 9.59 Å². The molecule has 2 aromatic rings. The molecule has 0 saturated carbocycles. The minimum atomic E-state index is -0.118. The third-order valence-corrected chi connectivity index (χ3v) is 4.00. The number of nitrogens with zero attached hydrogens (tertiary/aromatic N) is 1. The summed E-state index contributed by atoms with van der Waals surface area (Å²) in [5.41, 5.74) is 3.68. The summed E-state index contributed by atoms with van der Waals surface area (Å²) in [5, 5.41) is 5.81. The molecule has 0 heterocycles. The fraction of sp³-hybridized carbons (Fsp3) is 0.333. The molecule has 0 fully saturated rings. The molecule has 138 valence electrons. The first-order valence-corrected chi connectivity index (χ1v) is 8.92. The molecule has 2 N–H and O–H groups in total. The van der Waals surface area contributed by atoms with Crippen molar-refractivity contribution in [2.24, 2.45) is 0 Å². The lowest BCUT2D eigenvalue weighted by Gasteiger charge is -2.21. The Balaban J connectivity index is 1.92. The Morgan fingerprint density at radius 3 is 2.27 bits per heavy atom. The van der Waals surface area contributed by atoms with E-state index in [-0.39, 0.29) is 24.9 Å². The summed E-state index contributed by atoms with van der Waals surface area (Å²) in [4.78, 5) is 26.5. The Labute approximate surface area is 155 Å². The maximum atomic E-state index is 12.3. The lowest BCUT2D eigenvalue weighted by Crippen LogP contribution is -2.39. The summed E-state index contributed by atoms with van der Waals surface area (Å²) in [6, 6.07) is 15.3. The molecule has 0 saturated heterocycles. The second-order valence-corrected chi connectivity index (χ2v) is 6.49. The van der Waals surface area contributed by atoms with E-state index in [0.29, 0.717) is 6.54 Å². The number of rotatable bonds is 8. The molecule has 5 nitrogen and oxygen atoms in total. The summed E-state index contributed by atoms with van der Waals surface area (Å²) in [6.07, 6.45) is 0.870. The van der Waals surface area contributed by atoms with Gasteiger partial charge in [-0.05, 0) is 56.1 Å². The average molecular weight is 353 g/mol. The van der Waals surface area contributed by atoms with Crippen LogP contribution in [0.4, 0.5) is 11.4 Å². The number of carbonyl (C=O) groups excluding carboxylic acids is 2. The minimum absolute atomic E-state index is 0.115. The van der Waals surface area contributed by atoms with E-state index < -0.39 is 0 Å². The first-order valence-electron chi connectivity index (χ1n) is 8.92. The van der Waals surface area contributed by atoms with Crippen LogP contribution in [0.5, 0.6) is 0 Å². The Bertz CT molecular complexity index is 758. The molecule has 0 radical (unpaired) electrons. The highest BCUT2D eigenvalue weighted by molar-refractivity contribution is 5.95. The summed E-state index contributed by atoms with van der Waals surface area (Å²) >= 11 is 0. The van der Waals surface area contributed by atoms with Gasteiger partial charge in [0.25, 0.3) is 0 Å². The Morgan fingerprint density at radius 1 is 0.923 bits per heavy atom. The van der Waals surface area contributed by atoms with Crippen molar-refractivity contribution >= 4 is 23.2 Å². The standard InChI is InChI=1S/C21H27N3O2/c1-4-12-24(14-20(25)22-18-10-7-8-16(2)13-18)15-21(26)23-19-11-6-5-9-17(19)3/h5-11,13H,4,12,14-15H2,1-3H3,(H,22,25)(H,23,26). The first kappa shape index (κ1) is 19.7. The summed E-state index contributed by atoms with van der Waals surface area (Å²) in [6.45, 7) is 7.02. The van der Waals surface area contributed by atoms with Gasteiger partial charge in [0.05, 0.1) is 13.1 Å². The van der Waals surface area contributed by atoms with Gasteiger partial charge in [-0.25, -0.2) is 0 Å².